The highest BCUT2D eigenvalue weighted by atomic mass is 16.5. The van der Waals surface area contributed by atoms with Crippen molar-refractivity contribution in [2.45, 2.75) is 13.2 Å². The van der Waals surface area contributed by atoms with E-state index in [0.717, 1.165) is 11.1 Å². The SMILES string of the molecule is COc1cc(CNC(=O)c2ccccn2)ccc1OCc1ccccc1. The monoisotopic (exact) mass is 348 g/mol. The van der Waals surface area contributed by atoms with Crippen molar-refractivity contribution in [3.63, 3.8) is 0 Å². The molecule has 0 radical (unpaired) electrons. The molecule has 1 heterocycles. The first-order valence-corrected chi connectivity index (χ1v) is 8.29. The smallest absolute Gasteiger partial charge is 0.270 e. The number of aromatic nitrogens is 1. The van der Waals surface area contributed by atoms with Crippen molar-refractivity contribution in [2.24, 2.45) is 0 Å². The maximum absolute atomic E-state index is 12.1. The van der Waals surface area contributed by atoms with Crippen LogP contribution in [0.15, 0.2) is 72.9 Å². The maximum Gasteiger partial charge on any atom is 0.270 e. The number of amides is 1. The highest BCUT2D eigenvalue weighted by Crippen LogP contribution is 2.28. The molecule has 0 saturated heterocycles. The van der Waals surface area contributed by atoms with Gasteiger partial charge in [-0.25, -0.2) is 0 Å². The number of methoxy groups -OCH3 is 1. The van der Waals surface area contributed by atoms with Crippen LogP contribution >= 0.6 is 0 Å². The first-order chi connectivity index (χ1) is 12.8. The summed E-state index contributed by atoms with van der Waals surface area (Å²) in [6.45, 7) is 0.845. The van der Waals surface area contributed by atoms with Crippen LogP contribution in [-0.4, -0.2) is 18.0 Å². The van der Waals surface area contributed by atoms with Gasteiger partial charge in [0.15, 0.2) is 11.5 Å². The van der Waals surface area contributed by atoms with Gasteiger partial charge in [0.2, 0.25) is 0 Å². The lowest BCUT2D eigenvalue weighted by Crippen LogP contribution is -2.23. The molecule has 0 saturated carbocycles. The standard InChI is InChI=1S/C21H20N2O3/c1-25-20-13-17(14-23-21(24)18-9-5-6-12-22-18)10-11-19(20)26-15-16-7-3-2-4-8-16/h2-13H,14-15H2,1H3,(H,23,24). The lowest BCUT2D eigenvalue weighted by atomic mass is 10.2. The van der Waals surface area contributed by atoms with Crippen molar-refractivity contribution in [1.82, 2.24) is 10.3 Å². The zero-order valence-electron chi connectivity index (χ0n) is 14.5. The summed E-state index contributed by atoms with van der Waals surface area (Å²) in [7, 11) is 1.60. The minimum absolute atomic E-state index is 0.214. The Balaban J connectivity index is 1.62. The Bertz CT molecular complexity index is 852. The molecule has 0 bridgehead atoms. The van der Waals surface area contributed by atoms with E-state index in [1.807, 2.05) is 48.5 Å². The van der Waals surface area contributed by atoms with Gasteiger partial charge in [0.1, 0.15) is 12.3 Å². The predicted octanol–water partition coefficient (Wildman–Crippen LogP) is 3.60. The van der Waals surface area contributed by atoms with Gasteiger partial charge in [-0.15, -0.1) is 0 Å². The van der Waals surface area contributed by atoms with Crippen LogP contribution in [0, 0.1) is 0 Å². The number of nitrogens with one attached hydrogen (secondary N) is 1. The van der Waals surface area contributed by atoms with Gasteiger partial charge in [-0.2, -0.15) is 0 Å². The first kappa shape index (κ1) is 17.5. The van der Waals surface area contributed by atoms with Crippen molar-refractivity contribution in [3.8, 4) is 11.5 Å². The molecule has 2 aromatic carbocycles. The van der Waals surface area contributed by atoms with E-state index in [0.29, 0.717) is 30.3 Å². The van der Waals surface area contributed by atoms with Crippen LogP contribution in [-0.2, 0) is 13.2 Å². The lowest BCUT2D eigenvalue weighted by Gasteiger charge is -2.13. The summed E-state index contributed by atoms with van der Waals surface area (Å²) in [5, 5.41) is 2.85. The minimum Gasteiger partial charge on any atom is -0.493 e. The molecule has 3 rings (SSSR count). The van der Waals surface area contributed by atoms with Gasteiger partial charge >= 0.3 is 0 Å². The molecular weight excluding hydrogens is 328 g/mol. The van der Waals surface area contributed by atoms with Crippen molar-refractivity contribution < 1.29 is 14.3 Å². The summed E-state index contributed by atoms with van der Waals surface area (Å²) in [5.41, 5.74) is 2.39. The molecule has 1 N–H and O–H groups in total. The van der Waals surface area contributed by atoms with Crippen LogP contribution < -0.4 is 14.8 Å². The molecule has 1 amide bonds. The Morgan fingerprint density at radius 2 is 1.77 bits per heavy atom. The van der Waals surface area contributed by atoms with Gasteiger partial charge in [-0.1, -0.05) is 42.5 Å². The molecule has 3 aromatic rings. The molecule has 26 heavy (non-hydrogen) atoms. The Kier molecular flexibility index (Phi) is 5.83. The molecular formula is C21H20N2O3. The second-order valence-electron chi connectivity index (χ2n) is 5.66. The minimum atomic E-state index is -0.214. The third-order valence-electron chi connectivity index (χ3n) is 3.82. The van der Waals surface area contributed by atoms with E-state index >= 15 is 0 Å². The van der Waals surface area contributed by atoms with Gasteiger partial charge in [-0.05, 0) is 35.4 Å². The number of ether oxygens (including phenoxy) is 2. The number of hydrogen-bond acceptors (Lipinski definition) is 4. The largest absolute Gasteiger partial charge is 0.493 e. The van der Waals surface area contributed by atoms with Crippen molar-refractivity contribution in [2.75, 3.05) is 7.11 Å². The molecule has 0 unspecified atom stereocenters. The van der Waals surface area contributed by atoms with Gasteiger partial charge in [0.05, 0.1) is 7.11 Å². The molecule has 132 valence electrons. The average molecular weight is 348 g/mol. The summed E-state index contributed by atoms with van der Waals surface area (Å²) < 4.78 is 11.3. The van der Waals surface area contributed by atoms with Crippen LogP contribution in [0.3, 0.4) is 0 Å². The molecule has 5 nitrogen and oxygen atoms in total. The van der Waals surface area contributed by atoms with Crippen LogP contribution in [0.1, 0.15) is 21.6 Å². The van der Waals surface area contributed by atoms with E-state index in [4.69, 9.17) is 9.47 Å². The van der Waals surface area contributed by atoms with Crippen molar-refractivity contribution in [3.05, 3.63) is 89.7 Å². The van der Waals surface area contributed by atoms with Gasteiger partial charge < -0.3 is 14.8 Å². The topological polar surface area (TPSA) is 60.5 Å². The number of rotatable bonds is 7. The molecule has 1 aromatic heterocycles. The Morgan fingerprint density at radius 3 is 2.50 bits per heavy atom. The van der Waals surface area contributed by atoms with Crippen LogP contribution in [0.4, 0.5) is 0 Å². The second-order valence-corrected chi connectivity index (χ2v) is 5.66. The van der Waals surface area contributed by atoms with Crippen LogP contribution in [0.25, 0.3) is 0 Å². The van der Waals surface area contributed by atoms with Gasteiger partial charge in [0, 0.05) is 12.7 Å². The quantitative estimate of drug-likeness (QED) is 0.709. The fourth-order valence-corrected chi connectivity index (χ4v) is 2.45. The zero-order valence-corrected chi connectivity index (χ0v) is 14.5. The Labute approximate surface area is 152 Å². The average Bonchev–Trinajstić information content (AvgIpc) is 2.72. The molecule has 0 aliphatic carbocycles. The molecule has 0 fully saturated rings. The number of benzene rings is 2. The van der Waals surface area contributed by atoms with E-state index < -0.39 is 0 Å². The fourth-order valence-electron chi connectivity index (χ4n) is 2.45. The predicted molar refractivity (Wildman–Crippen MR) is 99.2 cm³/mol. The highest BCUT2D eigenvalue weighted by molar-refractivity contribution is 5.92. The van der Waals surface area contributed by atoms with Crippen molar-refractivity contribution in [1.29, 1.82) is 0 Å². The molecule has 0 atom stereocenters. The number of nitrogens with zero attached hydrogens (tertiary/aromatic N) is 1. The summed E-state index contributed by atoms with van der Waals surface area (Å²) >= 11 is 0. The Morgan fingerprint density at radius 1 is 0.962 bits per heavy atom. The molecule has 0 spiro atoms. The first-order valence-electron chi connectivity index (χ1n) is 8.29. The third kappa shape index (κ3) is 4.60. The van der Waals surface area contributed by atoms with E-state index in [1.54, 1.807) is 31.5 Å². The lowest BCUT2D eigenvalue weighted by molar-refractivity contribution is 0.0946. The zero-order chi connectivity index (χ0) is 18.2. The molecule has 0 aliphatic heterocycles. The Hall–Kier alpha value is -3.34. The summed E-state index contributed by atoms with van der Waals surface area (Å²) in [5.74, 6) is 1.08. The van der Waals surface area contributed by atoms with Gasteiger partial charge in [0.25, 0.3) is 5.91 Å². The number of carbonyl (C=O) groups is 1. The van der Waals surface area contributed by atoms with Crippen LogP contribution in [0.2, 0.25) is 0 Å². The van der Waals surface area contributed by atoms with Crippen LogP contribution in [0.5, 0.6) is 11.5 Å². The summed E-state index contributed by atoms with van der Waals surface area (Å²) in [6, 6.07) is 20.8. The van der Waals surface area contributed by atoms with Crippen molar-refractivity contribution >= 4 is 5.91 Å². The van der Waals surface area contributed by atoms with E-state index in [2.05, 4.69) is 10.3 Å². The van der Waals surface area contributed by atoms with Gasteiger partial charge in [-0.3, -0.25) is 9.78 Å². The fraction of sp³-hybridized carbons (Fsp3) is 0.143. The highest BCUT2D eigenvalue weighted by Gasteiger charge is 2.09. The third-order valence-corrected chi connectivity index (χ3v) is 3.82. The maximum atomic E-state index is 12.1. The van der Waals surface area contributed by atoms with E-state index in [9.17, 15) is 4.79 Å². The number of pyridine rings is 1. The van der Waals surface area contributed by atoms with E-state index in [-0.39, 0.29) is 5.91 Å². The normalized spacial score (nSPS) is 10.2. The number of hydrogen-bond donors (Lipinski definition) is 1. The van der Waals surface area contributed by atoms with E-state index in [1.165, 1.54) is 0 Å². The number of carbonyl (C=O) groups excluding carboxylic acids is 1. The summed E-state index contributed by atoms with van der Waals surface area (Å²) in [4.78, 5) is 16.1. The second kappa shape index (κ2) is 8.67. The summed E-state index contributed by atoms with van der Waals surface area (Å²) in [6.07, 6.45) is 1.59. The molecule has 0 aliphatic rings. The molecule has 5 heteroatoms.